The summed E-state index contributed by atoms with van der Waals surface area (Å²) in [6.07, 6.45) is 0.930. The number of carboxylic acid groups (broad SMARTS) is 1. The molecule has 1 amide bonds. The number of nitrogens with zero attached hydrogens (tertiary/aromatic N) is 1. The highest BCUT2D eigenvalue weighted by atomic mass is 35.5. The summed E-state index contributed by atoms with van der Waals surface area (Å²) >= 11 is 6.24. The number of aliphatic hydroxyl groups excluding tert-OH is 1. The molecule has 12 heteroatoms. The topological polar surface area (TPSA) is 170 Å². The van der Waals surface area contributed by atoms with Crippen LogP contribution in [-0.4, -0.2) is 60.3 Å². The highest BCUT2D eigenvalue weighted by Gasteiger charge is 2.22. The molecule has 3 aromatic carbocycles. The number of amides is 1. The van der Waals surface area contributed by atoms with Crippen LogP contribution in [0.15, 0.2) is 54.6 Å². The summed E-state index contributed by atoms with van der Waals surface area (Å²) in [6.45, 7) is 3.10. The molecule has 1 aliphatic rings. The number of carboxylic acids is 1. The number of nitrogens with one attached hydrogen (secondary N) is 3. The number of aliphatic carboxylic acids is 1. The Labute approximate surface area is 248 Å². The summed E-state index contributed by atoms with van der Waals surface area (Å²) in [7, 11) is 0. The van der Waals surface area contributed by atoms with Crippen molar-refractivity contribution in [1.29, 1.82) is 5.41 Å². The second-order valence-electron chi connectivity index (χ2n) is 9.75. The highest BCUT2D eigenvalue weighted by molar-refractivity contribution is 6.31. The van der Waals surface area contributed by atoms with Crippen LogP contribution in [0.1, 0.15) is 41.3 Å². The van der Waals surface area contributed by atoms with Crippen LogP contribution in [0, 0.1) is 5.41 Å². The number of aliphatic hydroxyl groups is 1. The van der Waals surface area contributed by atoms with E-state index in [1.807, 2.05) is 19.1 Å². The zero-order valence-corrected chi connectivity index (χ0v) is 23.9. The van der Waals surface area contributed by atoms with Crippen molar-refractivity contribution < 1.29 is 29.3 Å². The molecule has 4 rings (SSSR count). The van der Waals surface area contributed by atoms with Gasteiger partial charge < -0.3 is 41.0 Å². The first-order chi connectivity index (χ1) is 20.1. The van der Waals surface area contributed by atoms with E-state index in [-0.39, 0.29) is 29.8 Å². The van der Waals surface area contributed by atoms with Crippen LogP contribution in [0.25, 0.3) is 0 Å². The van der Waals surface area contributed by atoms with Gasteiger partial charge in [0.2, 0.25) is 0 Å². The third-order valence-corrected chi connectivity index (χ3v) is 6.97. The molecule has 0 atom stereocenters. The Bertz CT molecular complexity index is 1440. The van der Waals surface area contributed by atoms with E-state index in [0.717, 1.165) is 5.69 Å². The van der Waals surface area contributed by atoms with Crippen LogP contribution in [0.2, 0.25) is 5.02 Å². The number of carbonyl (C=O) groups excluding carboxylic acids is 1. The molecular weight excluding hydrogens is 562 g/mol. The number of carbonyl (C=O) groups is 2. The maximum absolute atomic E-state index is 13.3. The Morgan fingerprint density at radius 2 is 1.81 bits per heavy atom. The lowest BCUT2D eigenvalue weighted by atomic mass is 10.1. The zero-order chi connectivity index (χ0) is 30.2. The van der Waals surface area contributed by atoms with Crippen LogP contribution in [0.3, 0.4) is 0 Å². The summed E-state index contributed by atoms with van der Waals surface area (Å²) in [4.78, 5) is 26.8. The Kier molecular flexibility index (Phi) is 10.1. The Morgan fingerprint density at radius 3 is 2.45 bits per heavy atom. The van der Waals surface area contributed by atoms with E-state index >= 15 is 0 Å². The maximum atomic E-state index is 13.3. The van der Waals surface area contributed by atoms with E-state index in [1.54, 1.807) is 42.5 Å². The molecule has 0 saturated carbocycles. The van der Waals surface area contributed by atoms with Crippen molar-refractivity contribution in [3.63, 3.8) is 0 Å². The summed E-state index contributed by atoms with van der Waals surface area (Å²) in [5.74, 6) is -0.914. The number of ether oxygens (including phenoxy) is 2. The average molecular weight is 596 g/mol. The first kappa shape index (κ1) is 30.5. The van der Waals surface area contributed by atoms with Gasteiger partial charge in [0.15, 0.2) is 18.1 Å². The molecule has 1 fully saturated rings. The third kappa shape index (κ3) is 7.83. The minimum Gasteiger partial charge on any atom is -0.490 e. The molecule has 0 aliphatic carbocycles. The molecule has 11 nitrogen and oxygen atoms in total. The molecular formula is C30H34ClN5O6. The van der Waals surface area contributed by atoms with E-state index in [1.165, 1.54) is 0 Å². The zero-order valence-electron chi connectivity index (χ0n) is 23.2. The van der Waals surface area contributed by atoms with Gasteiger partial charge in [0, 0.05) is 58.9 Å². The molecule has 0 bridgehead atoms. The van der Waals surface area contributed by atoms with E-state index in [4.69, 9.17) is 32.2 Å². The van der Waals surface area contributed by atoms with Crippen LogP contribution in [0.5, 0.6) is 11.5 Å². The van der Waals surface area contributed by atoms with Gasteiger partial charge >= 0.3 is 5.97 Å². The van der Waals surface area contributed by atoms with Crippen molar-refractivity contribution >= 4 is 46.4 Å². The fourth-order valence-electron chi connectivity index (χ4n) is 4.62. The lowest BCUT2D eigenvalue weighted by molar-refractivity contribution is -0.139. The fourth-order valence-corrected chi connectivity index (χ4v) is 4.79. The molecule has 1 heterocycles. The number of amidine groups is 1. The second-order valence-corrected chi connectivity index (χ2v) is 10.2. The number of hydrogen-bond donors (Lipinski definition) is 6. The number of halogens is 1. The fraction of sp³-hybridized carbons (Fsp3) is 0.300. The van der Waals surface area contributed by atoms with E-state index in [0.29, 0.717) is 65.8 Å². The minimum absolute atomic E-state index is 0.0738. The number of nitrogens with two attached hydrogens (primary N) is 1. The van der Waals surface area contributed by atoms with E-state index in [2.05, 4.69) is 15.5 Å². The van der Waals surface area contributed by atoms with Gasteiger partial charge in [-0.2, -0.15) is 0 Å². The van der Waals surface area contributed by atoms with Crippen molar-refractivity contribution in [2.45, 2.75) is 32.4 Å². The monoisotopic (exact) mass is 595 g/mol. The summed E-state index contributed by atoms with van der Waals surface area (Å²) in [6, 6.07) is 15.2. The Hall–Kier alpha value is -4.48. The van der Waals surface area contributed by atoms with Crippen LogP contribution in [-0.2, 0) is 11.3 Å². The molecule has 0 aromatic heterocycles. The van der Waals surface area contributed by atoms with Crippen LogP contribution in [0.4, 0.5) is 17.1 Å². The number of rotatable bonds is 12. The van der Waals surface area contributed by atoms with E-state index < -0.39 is 18.5 Å². The first-order valence-corrected chi connectivity index (χ1v) is 13.9. The van der Waals surface area contributed by atoms with Crippen LogP contribution < -0.4 is 30.7 Å². The highest BCUT2D eigenvalue weighted by Crippen LogP contribution is 2.38. The van der Waals surface area contributed by atoms with Gasteiger partial charge in [0.1, 0.15) is 5.84 Å². The summed E-state index contributed by atoms with van der Waals surface area (Å²) < 4.78 is 11.5. The van der Waals surface area contributed by atoms with Gasteiger partial charge in [-0.15, -0.1) is 0 Å². The molecule has 3 aromatic rings. The van der Waals surface area contributed by atoms with Crippen molar-refractivity contribution in [3.8, 4) is 11.5 Å². The first-order valence-electron chi connectivity index (χ1n) is 13.5. The molecule has 0 spiro atoms. The number of nitrogen functional groups attached to an aromatic ring is 1. The Balaban J connectivity index is 1.63. The van der Waals surface area contributed by atoms with Crippen molar-refractivity contribution in [1.82, 2.24) is 0 Å². The molecule has 0 radical (unpaired) electrons. The summed E-state index contributed by atoms with van der Waals surface area (Å²) in [5, 5.41) is 33.3. The van der Waals surface area contributed by atoms with Gasteiger partial charge in [-0.1, -0.05) is 11.6 Å². The van der Waals surface area contributed by atoms with Crippen LogP contribution >= 0.6 is 11.6 Å². The van der Waals surface area contributed by atoms with Gasteiger partial charge in [-0.05, 0) is 68.3 Å². The molecule has 42 heavy (non-hydrogen) atoms. The van der Waals surface area contributed by atoms with Crippen molar-refractivity contribution in [2.24, 2.45) is 5.73 Å². The second kappa shape index (κ2) is 13.9. The predicted octanol–water partition coefficient (Wildman–Crippen LogP) is 4.31. The van der Waals surface area contributed by atoms with Crippen molar-refractivity contribution in [2.75, 3.05) is 41.8 Å². The lowest BCUT2D eigenvalue weighted by Gasteiger charge is -2.32. The molecule has 222 valence electrons. The average Bonchev–Trinajstić information content (AvgIpc) is 2.96. The SMILES string of the molecule is CCOc1cc(N2CCC(O)CC2)cc(CNc2ccc(Cl)cc2C(=O)Nc2ccc(C(=N)N)cc2)c1OCC(=O)O. The van der Waals surface area contributed by atoms with Gasteiger partial charge in [-0.3, -0.25) is 10.2 Å². The van der Waals surface area contributed by atoms with Gasteiger partial charge in [0.25, 0.3) is 5.91 Å². The third-order valence-electron chi connectivity index (χ3n) is 6.74. The number of piperidine rings is 1. The normalized spacial score (nSPS) is 13.4. The molecule has 1 saturated heterocycles. The van der Waals surface area contributed by atoms with Gasteiger partial charge in [-0.25, -0.2) is 4.79 Å². The number of benzene rings is 3. The Morgan fingerprint density at radius 1 is 1.10 bits per heavy atom. The summed E-state index contributed by atoms with van der Waals surface area (Å²) in [5.41, 5.74) is 8.83. The number of hydrogen-bond acceptors (Lipinski definition) is 8. The molecule has 7 N–H and O–H groups in total. The van der Waals surface area contributed by atoms with Gasteiger partial charge in [0.05, 0.1) is 18.3 Å². The minimum atomic E-state index is -1.13. The standard InChI is InChI=1S/C30H34ClN5O6/c1-2-41-26-15-22(36-11-9-23(37)10-12-36)13-19(28(26)42-17-27(38)39)16-34-25-8-5-20(31)14-24(25)30(40)35-21-6-3-18(4-7-21)29(32)33/h3-8,13-15,23,34,37H,2,9-12,16-17H2,1H3,(H3,32,33)(H,35,40)(H,38,39). The predicted molar refractivity (Wildman–Crippen MR) is 162 cm³/mol. The van der Waals surface area contributed by atoms with Crippen molar-refractivity contribution in [3.05, 3.63) is 76.3 Å². The lowest BCUT2D eigenvalue weighted by Crippen LogP contribution is -2.35. The largest absolute Gasteiger partial charge is 0.490 e. The van der Waals surface area contributed by atoms with E-state index in [9.17, 15) is 19.8 Å². The molecule has 1 aliphatic heterocycles. The molecule has 0 unspecified atom stereocenters. The smallest absolute Gasteiger partial charge is 0.341 e. The number of anilines is 3. The maximum Gasteiger partial charge on any atom is 0.341 e. The quantitative estimate of drug-likeness (QED) is 0.132.